The van der Waals surface area contributed by atoms with E-state index in [-0.39, 0.29) is 15.9 Å². The summed E-state index contributed by atoms with van der Waals surface area (Å²) in [6.45, 7) is 0. The van der Waals surface area contributed by atoms with Crippen LogP contribution in [0, 0.1) is 0 Å². The number of nitrogen functional groups attached to an aromatic ring is 1. The van der Waals surface area contributed by atoms with Crippen molar-refractivity contribution in [2.75, 3.05) is 10.5 Å². The predicted octanol–water partition coefficient (Wildman–Crippen LogP) is 1.51. The van der Waals surface area contributed by atoms with E-state index in [4.69, 9.17) is 17.3 Å². The molecule has 3 N–H and O–H groups in total. The van der Waals surface area contributed by atoms with Gasteiger partial charge >= 0.3 is 0 Å². The first-order valence-corrected chi connectivity index (χ1v) is 6.70. The van der Waals surface area contributed by atoms with Crippen LogP contribution in [0.1, 0.15) is 0 Å². The molecule has 0 aliphatic heterocycles. The van der Waals surface area contributed by atoms with Crippen molar-refractivity contribution in [3.63, 3.8) is 0 Å². The molecular weight excluding hydrogens is 276 g/mol. The number of hydrogen-bond donors (Lipinski definition) is 2. The average molecular weight is 285 g/mol. The second kappa shape index (κ2) is 4.79. The maximum Gasteiger partial charge on any atom is 0.264 e. The monoisotopic (exact) mass is 284 g/mol. The lowest BCUT2D eigenvalue weighted by Crippen LogP contribution is -2.14. The summed E-state index contributed by atoms with van der Waals surface area (Å²) in [5, 5.41) is 0.173. The highest BCUT2D eigenvalue weighted by atomic mass is 35.5. The fraction of sp³-hybridized carbons (Fsp3) is 0. The van der Waals surface area contributed by atoms with Gasteiger partial charge in [-0.3, -0.25) is 0 Å². The Kier molecular flexibility index (Phi) is 3.35. The van der Waals surface area contributed by atoms with E-state index in [9.17, 15) is 8.42 Å². The molecule has 8 heteroatoms. The van der Waals surface area contributed by atoms with Crippen LogP contribution in [-0.2, 0) is 10.0 Å². The van der Waals surface area contributed by atoms with Gasteiger partial charge in [0.15, 0.2) is 0 Å². The summed E-state index contributed by atoms with van der Waals surface area (Å²) in [6.07, 6.45) is 2.86. The van der Waals surface area contributed by atoms with Crippen LogP contribution in [0.4, 0.5) is 11.6 Å². The molecule has 1 heterocycles. The zero-order valence-electron chi connectivity index (χ0n) is 9.04. The summed E-state index contributed by atoms with van der Waals surface area (Å²) in [6, 6.07) is 5.62. The molecule has 0 aliphatic rings. The number of halogens is 1. The highest BCUT2D eigenvalue weighted by molar-refractivity contribution is 7.92. The molecule has 0 spiro atoms. The van der Waals surface area contributed by atoms with Crippen molar-refractivity contribution in [1.29, 1.82) is 0 Å². The molecule has 2 aromatic rings. The first kappa shape index (κ1) is 12.6. The predicted molar refractivity (Wildman–Crippen MR) is 68.7 cm³/mol. The fourth-order valence-corrected chi connectivity index (χ4v) is 2.43. The minimum absolute atomic E-state index is 0.00541. The minimum atomic E-state index is -3.77. The Hall–Kier alpha value is -1.86. The molecular formula is C10H9ClN4O2S. The SMILES string of the molecule is Nc1ccc(S(=O)(=O)Nc2ncccn2)cc1Cl. The summed E-state index contributed by atoms with van der Waals surface area (Å²) < 4.78 is 26.2. The normalized spacial score (nSPS) is 11.2. The molecule has 6 nitrogen and oxygen atoms in total. The summed E-state index contributed by atoms with van der Waals surface area (Å²) >= 11 is 5.77. The highest BCUT2D eigenvalue weighted by Gasteiger charge is 2.16. The first-order valence-electron chi connectivity index (χ1n) is 4.84. The lowest BCUT2D eigenvalue weighted by Gasteiger charge is -2.07. The number of nitrogens with zero attached hydrogens (tertiary/aromatic N) is 2. The largest absolute Gasteiger partial charge is 0.398 e. The molecule has 1 aromatic carbocycles. The van der Waals surface area contributed by atoms with Gasteiger partial charge in [-0.1, -0.05) is 11.6 Å². The van der Waals surface area contributed by atoms with Crippen LogP contribution < -0.4 is 10.5 Å². The zero-order chi connectivity index (χ0) is 13.2. The summed E-state index contributed by atoms with van der Waals surface area (Å²) in [5.74, 6) is -0.00884. The summed E-state index contributed by atoms with van der Waals surface area (Å²) in [7, 11) is -3.77. The number of nitrogens with two attached hydrogens (primary N) is 1. The maximum atomic E-state index is 12.0. The zero-order valence-corrected chi connectivity index (χ0v) is 10.6. The van der Waals surface area contributed by atoms with Crippen molar-refractivity contribution in [3.8, 4) is 0 Å². The molecule has 0 fully saturated rings. The Labute approximate surface area is 109 Å². The molecule has 0 aliphatic carbocycles. The molecule has 0 saturated carbocycles. The van der Waals surface area contributed by atoms with E-state index in [1.165, 1.54) is 30.6 Å². The van der Waals surface area contributed by atoms with Gasteiger partial charge < -0.3 is 5.73 Å². The smallest absolute Gasteiger partial charge is 0.264 e. The van der Waals surface area contributed by atoms with Gasteiger partial charge in [-0.15, -0.1) is 0 Å². The van der Waals surface area contributed by atoms with E-state index in [2.05, 4.69) is 14.7 Å². The lowest BCUT2D eigenvalue weighted by molar-refractivity contribution is 0.601. The van der Waals surface area contributed by atoms with Gasteiger partial charge in [0.05, 0.1) is 15.6 Å². The van der Waals surface area contributed by atoms with E-state index >= 15 is 0 Å². The molecule has 0 saturated heterocycles. The van der Waals surface area contributed by atoms with Crippen LogP contribution >= 0.6 is 11.6 Å². The lowest BCUT2D eigenvalue weighted by atomic mass is 10.3. The van der Waals surface area contributed by atoms with E-state index in [1.54, 1.807) is 6.07 Å². The van der Waals surface area contributed by atoms with Crippen LogP contribution in [0.25, 0.3) is 0 Å². The second-order valence-corrected chi connectivity index (χ2v) is 5.45. The molecule has 0 bridgehead atoms. The number of benzene rings is 1. The molecule has 1 aromatic heterocycles. The van der Waals surface area contributed by atoms with Crippen LogP contribution in [0.5, 0.6) is 0 Å². The third-order valence-corrected chi connectivity index (χ3v) is 3.73. The number of nitrogens with one attached hydrogen (secondary N) is 1. The molecule has 18 heavy (non-hydrogen) atoms. The minimum Gasteiger partial charge on any atom is -0.398 e. The standard InChI is InChI=1S/C10H9ClN4O2S/c11-8-6-7(2-3-9(8)12)18(16,17)15-10-13-4-1-5-14-10/h1-6H,12H2,(H,13,14,15). The maximum absolute atomic E-state index is 12.0. The topological polar surface area (TPSA) is 98.0 Å². The van der Waals surface area contributed by atoms with E-state index in [1.807, 2.05) is 0 Å². The summed E-state index contributed by atoms with van der Waals surface area (Å²) in [5.41, 5.74) is 5.82. The van der Waals surface area contributed by atoms with Gasteiger partial charge in [0.1, 0.15) is 0 Å². The number of hydrogen-bond acceptors (Lipinski definition) is 5. The quantitative estimate of drug-likeness (QED) is 0.833. The van der Waals surface area contributed by atoms with Gasteiger partial charge in [-0.05, 0) is 24.3 Å². The van der Waals surface area contributed by atoms with Gasteiger partial charge in [0.25, 0.3) is 10.0 Å². The van der Waals surface area contributed by atoms with Gasteiger partial charge in [-0.25, -0.2) is 23.1 Å². The van der Waals surface area contributed by atoms with Crippen molar-refractivity contribution >= 4 is 33.3 Å². The number of rotatable bonds is 3. The molecule has 0 radical (unpaired) electrons. The molecule has 94 valence electrons. The van der Waals surface area contributed by atoms with Crippen LogP contribution in [-0.4, -0.2) is 18.4 Å². The molecule has 0 atom stereocenters. The number of anilines is 2. The second-order valence-electron chi connectivity index (χ2n) is 3.36. The molecule has 2 rings (SSSR count). The van der Waals surface area contributed by atoms with Gasteiger partial charge in [0.2, 0.25) is 5.95 Å². The Morgan fingerprint density at radius 2 is 1.89 bits per heavy atom. The average Bonchev–Trinajstić information content (AvgIpc) is 2.33. The number of aromatic nitrogens is 2. The first-order chi connectivity index (χ1) is 8.49. The van der Waals surface area contributed by atoms with Crippen LogP contribution in [0.2, 0.25) is 5.02 Å². The van der Waals surface area contributed by atoms with Crippen molar-refractivity contribution in [2.45, 2.75) is 4.90 Å². The van der Waals surface area contributed by atoms with Crippen LogP contribution in [0.15, 0.2) is 41.6 Å². The van der Waals surface area contributed by atoms with Crippen molar-refractivity contribution in [3.05, 3.63) is 41.7 Å². The third-order valence-electron chi connectivity index (χ3n) is 2.07. The van der Waals surface area contributed by atoms with Crippen molar-refractivity contribution in [2.24, 2.45) is 0 Å². The third kappa shape index (κ3) is 2.69. The summed E-state index contributed by atoms with van der Waals surface area (Å²) in [4.78, 5) is 7.54. The van der Waals surface area contributed by atoms with E-state index in [0.29, 0.717) is 5.69 Å². The fourth-order valence-electron chi connectivity index (χ4n) is 1.21. The Bertz CT molecular complexity index is 661. The Balaban J connectivity index is 2.34. The Morgan fingerprint density at radius 3 is 2.50 bits per heavy atom. The Morgan fingerprint density at radius 1 is 1.22 bits per heavy atom. The van der Waals surface area contributed by atoms with E-state index < -0.39 is 10.0 Å². The molecule has 0 amide bonds. The van der Waals surface area contributed by atoms with Crippen molar-refractivity contribution < 1.29 is 8.42 Å². The molecule has 0 unspecified atom stereocenters. The van der Waals surface area contributed by atoms with Gasteiger partial charge in [-0.2, -0.15) is 0 Å². The van der Waals surface area contributed by atoms with Crippen molar-refractivity contribution in [1.82, 2.24) is 9.97 Å². The van der Waals surface area contributed by atoms with Gasteiger partial charge in [0, 0.05) is 12.4 Å². The van der Waals surface area contributed by atoms with E-state index in [0.717, 1.165) is 0 Å². The highest BCUT2D eigenvalue weighted by Crippen LogP contribution is 2.23. The number of sulfonamides is 1. The van der Waals surface area contributed by atoms with Crippen LogP contribution in [0.3, 0.4) is 0 Å².